The Balaban J connectivity index is 1.79. The van der Waals surface area contributed by atoms with Crippen molar-refractivity contribution in [2.75, 3.05) is 13.7 Å². The molecule has 10 heteroatoms. The lowest BCUT2D eigenvalue weighted by molar-refractivity contribution is -0.140. The molecule has 1 aliphatic heterocycles. The lowest BCUT2D eigenvalue weighted by Crippen LogP contribution is -2.55. The van der Waals surface area contributed by atoms with E-state index in [1.165, 1.54) is 30.2 Å². The van der Waals surface area contributed by atoms with Crippen LogP contribution in [0.15, 0.2) is 22.6 Å². The van der Waals surface area contributed by atoms with Crippen molar-refractivity contribution >= 4 is 34.7 Å². The van der Waals surface area contributed by atoms with Crippen LogP contribution in [-0.2, 0) is 14.3 Å². The van der Waals surface area contributed by atoms with Crippen LogP contribution >= 0.6 is 0 Å². The highest BCUT2D eigenvalue weighted by molar-refractivity contribution is 6.02. The molecule has 1 aliphatic rings. The van der Waals surface area contributed by atoms with E-state index in [2.05, 4.69) is 10.3 Å². The highest BCUT2D eigenvalue weighted by Gasteiger charge is 2.39. The number of hydrogen-bond donors (Lipinski definition) is 2. The standard InChI is InChI=1S/C24H32N4O6/c1-12(2)18(25)23(31)28-10-6-7-16(28)21(30)27-19(13(3)4)20(29)22-26-15-11-14(24(32)33-5)8-9-17(15)34-22/h8-9,11-13,16,18-19H,6-7,10,25H2,1-5H3,(H,27,30)/t16-,18-,19?/m0/s1. The second kappa shape index (κ2) is 10.3. The summed E-state index contributed by atoms with van der Waals surface area (Å²) >= 11 is 0. The van der Waals surface area contributed by atoms with Gasteiger partial charge in [0.15, 0.2) is 5.58 Å². The molecule has 0 spiro atoms. The van der Waals surface area contributed by atoms with Crippen LogP contribution in [0.2, 0.25) is 0 Å². The molecule has 34 heavy (non-hydrogen) atoms. The van der Waals surface area contributed by atoms with Gasteiger partial charge >= 0.3 is 5.97 Å². The summed E-state index contributed by atoms with van der Waals surface area (Å²) < 4.78 is 10.3. The van der Waals surface area contributed by atoms with Crippen LogP contribution in [0.3, 0.4) is 0 Å². The molecular formula is C24H32N4O6. The number of carbonyl (C=O) groups is 4. The molecule has 10 nitrogen and oxygen atoms in total. The summed E-state index contributed by atoms with van der Waals surface area (Å²) in [6, 6.07) is 2.25. The van der Waals surface area contributed by atoms with Gasteiger partial charge in [-0.15, -0.1) is 0 Å². The molecule has 0 radical (unpaired) electrons. The fourth-order valence-corrected chi connectivity index (χ4v) is 3.97. The van der Waals surface area contributed by atoms with E-state index in [9.17, 15) is 19.2 Å². The first-order valence-corrected chi connectivity index (χ1v) is 11.4. The lowest BCUT2D eigenvalue weighted by Gasteiger charge is -2.29. The molecule has 2 aromatic rings. The quantitative estimate of drug-likeness (QED) is 0.438. The van der Waals surface area contributed by atoms with E-state index in [-0.39, 0.29) is 29.2 Å². The van der Waals surface area contributed by atoms with E-state index in [1.54, 1.807) is 13.8 Å². The van der Waals surface area contributed by atoms with Crippen LogP contribution in [0.1, 0.15) is 61.6 Å². The Bertz CT molecular complexity index is 1090. The highest BCUT2D eigenvalue weighted by Crippen LogP contribution is 2.22. The van der Waals surface area contributed by atoms with Crippen molar-refractivity contribution in [2.45, 2.75) is 58.7 Å². The van der Waals surface area contributed by atoms with Gasteiger partial charge in [0, 0.05) is 6.54 Å². The Labute approximate surface area is 198 Å². The average Bonchev–Trinajstić information content (AvgIpc) is 3.46. The Hall–Kier alpha value is -3.27. The molecule has 3 rings (SSSR count). The Morgan fingerprint density at radius 3 is 2.50 bits per heavy atom. The second-order valence-corrected chi connectivity index (χ2v) is 9.25. The van der Waals surface area contributed by atoms with Gasteiger partial charge in [-0.25, -0.2) is 9.78 Å². The number of benzene rings is 1. The predicted octanol–water partition coefficient (Wildman–Crippen LogP) is 1.91. The fourth-order valence-electron chi connectivity index (χ4n) is 3.97. The molecule has 1 aromatic carbocycles. The molecular weight excluding hydrogens is 440 g/mol. The maximum Gasteiger partial charge on any atom is 0.337 e. The molecule has 1 unspecified atom stereocenters. The molecule has 1 saturated heterocycles. The van der Waals surface area contributed by atoms with Gasteiger partial charge < -0.3 is 25.1 Å². The number of methoxy groups -OCH3 is 1. The van der Waals surface area contributed by atoms with Crippen molar-refractivity contribution in [3.63, 3.8) is 0 Å². The molecule has 1 fully saturated rings. The topological polar surface area (TPSA) is 145 Å². The number of Topliss-reactive ketones (excluding diaryl/α,β-unsaturated/α-hetero) is 1. The maximum absolute atomic E-state index is 13.2. The van der Waals surface area contributed by atoms with Crippen LogP contribution in [0.25, 0.3) is 11.1 Å². The number of fused-ring (bicyclic) bond motifs is 1. The summed E-state index contributed by atoms with van der Waals surface area (Å²) in [4.78, 5) is 56.6. The molecule has 0 bridgehead atoms. The summed E-state index contributed by atoms with van der Waals surface area (Å²) in [6.07, 6.45) is 1.18. The minimum Gasteiger partial charge on any atom is -0.465 e. The van der Waals surface area contributed by atoms with Crippen LogP contribution in [-0.4, -0.2) is 65.2 Å². The second-order valence-electron chi connectivity index (χ2n) is 9.25. The number of nitrogens with one attached hydrogen (secondary N) is 1. The number of likely N-dealkylation sites (tertiary alicyclic amines) is 1. The van der Waals surface area contributed by atoms with Gasteiger partial charge in [-0.05, 0) is 42.9 Å². The zero-order chi connectivity index (χ0) is 25.2. The van der Waals surface area contributed by atoms with Crippen molar-refractivity contribution in [2.24, 2.45) is 17.6 Å². The first-order valence-electron chi connectivity index (χ1n) is 11.4. The Morgan fingerprint density at radius 2 is 1.88 bits per heavy atom. The molecule has 0 saturated carbocycles. The molecule has 3 atom stereocenters. The zero-order valence-corrected chi connectivity index (χ0v) is 20.2. The summed E-state index contributed by atoms with van der Waals surface area (Å²) in [5, 5.41) is 2.80. The summed E-state index contributed by atoms with van der Waals surface area (Å²) in [5.41, 5.74) is 6.97. The van der Waals surface area contributed by atoms with Crippen LogP contribution in [0.4, 0.5) is 0 Å². The third kappa shape index (κ3) is 5.11. The number of ether oxygens (including phenoxy) is 1. The smallest absolute Gasteiger partial charge is 0.337 e. The normalized spacial score (nSPS) is 17.8. The first kappa shape index (κ1) is 25.4. The number of nitrogens with two attached hydrogens (primary N) is 1. The van der Waals surface area contributed by atoms with Crippen LogP contribution in [0.5, 0.6) is 0 Å². The molecule has 2 amide bonds. The highest BCUT2D eigenvalue weighted by atomic mass is 16.5. The number of carbonyl (C=O) groups excluding carboxylic acids is 4. The molecule has 2 heterocycles. The molecule has 1 aromatic heterocycles. The number of ketones is 1. The van der Waals surface area contributed by atoms with Crippen molar-refractivity contribution < 1.29 is 28.3 Å². The Kier molecular flexibility index (Phi) is 7.71. The monoisotopic (exact) mass is 472 g/mol. The third-order valence-electron chi connectivity index (χ3n) is 6.11. The van der Waals surface area contributed by atoms with E-state index >= 15 is 0 Å². The summed E-state index contributed by atoms with van der Waals surface area (Å²) in [5.74, 6) is -2.18. The SMILES string of the molecule is COC(=O)c1ccc2oc(C(=O)C(NC(=O)[C@@H]3CCCN3C(=O)[C@@H](N)C(C)C)C(C)C)nc2c1. The molecule has 0 aliphatic carbocycles. The number of amides is 2. The molecule has 3 N–H and O–H groups in total. The number of oxazole rings is 1. The van der Waals surface area contributed by atoms with E-state index in [4.69, 9.17) is 14.9 Å². The van der Waals surface area contributed by atoms with E-state index in [0.29, 0.717) is 30.5 Å². The van der Waals surface area contributed by atoms with Gasteiger partial charge in [0.25, 0.3) is 5.89 Å². The third-order valence-corrected chi connectivity index (χ3v) is 6.11. The average molecular weight is 473 g/mol. The number of rotatable bonds is 8. The minimum absolute atomic E-state index is 0.0549. The van der Waals surface area contributed by atoms with Crippen molar-refractivity contribution in [1.29, 1.82) is 0 Å². The van der Waals surface area contributed by atoms with E-state index < -0.39 is 35.8 Å². The summed E-state index contributed by atoms with van der Waals surface area (Å²) in [6.45, 7) is 7.76. The minimum atomic E-state index is -0.906. The predicted molar refractivity (Wildman–Crippen MR) is 124 cm³/mol. The van der Waals surface area contributed by atoms with Crippen LogP contribution in [0, 0.1) is 11.8 Å². The summed E-state index contributed by atoms with van der Waals surface area (Å²) in [7, 11) is 1.27. The number of nitrogens with zero attached hydrogens (tertiary/aromatic N) is 2. The van der Waals surface area contributed by atoms with E-state index in [0.717, 1.165) is 0 Å². The van der Waals surface area contributed by atoms with Gasteiger partial charge in [-0.1, -0.05) is 27.7 Å². The van der Waals surface area contributed by atoms with Crippen molar-refractivity contribution in [3.8, 4) is 0 Å². The lowest BCUT2D eigenvalue weighted by atomic mass is 9.98. The van der Waals surface area contributed by atoms with E-state index in [1.807, 2.05) is 13.8 Å². The fraction of sp³-hybridized carbons (Fsp3) is 0.542. The van der Waals surface area contributed by atoms with Crippen molar-refractivity contribution in [1.82, 2.24) is 15.2 Å². The van der Waals surface area contributed by atoms with Gasteiger partial charge in [0.1, 0.15) is 11.6 Å². The van der Waals surface area contributed by atoms with Gasteiger partial charge in [-0.2, -0.15) is 0 Å². The zero-order valence-electron chi connectivity index (χ0n) is 20.2. The Morgan fingerprint density at radius 1 is 1.18 bits per heavy atom. The number of esters is 1. The van der Waals surface area contributed by atoms with Crippen molar-refractivity contribution in [3.05, 3.63) is 29.7 Å². The van der Waals surface area contributed by atoms with Gasteiger partial charge in [-0.3, -0.25) is 14.4 Å². The number of aromatic nitrogens is 1. The first-order chi connectivity index (χ1) is 16.0. The number of hydrogen-bond acceptors (Lipinski definition) is 8. The van der Waals surface area contributed by atoms with Crippen LogP contribution < -0.4 is 11.1 Å². The molecule has 184 valence electrons. The van der Waals surface area contributed by atoms with Gasteiger partial charge in [0.05, 0.1) is 24.8 Å². The largest absolute Gasteiger partial charge is 0.465 e. The van der Waals surface area contributed by atoms with Gasteiger partial charge in [0.2, 0.25) is 17.6 Å². The maximum atomic E-state index is 13.2.